The fourth-order valence-electron chi connectivity index (χ4n) is 2.91. The number of anilines is 1. The Morgan fingerprint density at radius 2 is 2.15 bits per heavy atom. The van der Waals surface area contributed by atoms with E-state index in [0.29, 0.717) is 11.0 Å². The molecule has 0 radical (unpaired) electrons. The molecule has 3 heterocycles. The number of fused-ring (bicyclic) bond motifs is 1. The molecule has 1 fully saturated rings. The van der Waals surface area contributed by atoms with Crippen LogP contribution in [0.15, 0.2) is 12.3 Å². The number of hydrogen-bond acceptors (Lipinski definition) is 9. The van der Waals surface area contributed by atoms with Crippen LogP contribution in [0, 0.1) is 0 Å². The summed E-state index contributed by atoms with van der Waals surface area (Å²) in [6.07, 6.45) is -2.24. The van der Waals surface area contributed by atoms with E-state index in [1.165, 1.54) is 18.6 Å². The molecule has 26 heavy (non-hydrogen) atoms. The van der Waals surface area contributed by atoms with Gasteiger partial charge < -0.3 is 39.8 Å². The van der Waals surface area contributed by atoms with E-state index in [1.807, 2.05) is 0 Å². The van der Waals surface area contributed by atoms with E-state index < -0.39 is 38.5 Å². The Labute approximate surface area is 147 Å². The number of aliphatic hydroxyl groups excluding tert-OH is 1. The van der Waals surface area contributed by atoms with Gasteiger partial charge in [-0.2, -0.15) is 9.97 Å². The van der Waals surface area contributed by atoms with Crippen molar-refractivity contribution in [2.45, 2.75) is 31.0 Å². The third kappa shape index (κ3) is 3.28. The van der Waals surface area contributed by atoms with E-state index in [4.69, 9.17) is 25.0 Å². The van der Waals surface area contributed by atoms with Crippen LogP contribution in [0.2, 0.25) is 0 Å². The van der Waals surface area contributed by atoms with Gasteiger partial charge in [-0.15, -0.1) is 0 Å². The molecule has 0 bridgehead atoms. The highest BCUT2D eigenvalue weighted by Gasteiger charge is 2.53. The number of aliphatic hydroxyl groups is 2. The van der Waals surface area contributed by atoms with Gasteiger partial charge in [-0.05, 0) is 13.0 Å². The lowest BCUT2D eigenvalue weighted by atomic mass is 9.96. The first-order valence-corrected chi connectivity index (χ1v) is 9.01. The summed E-state index contributed by atoms with van der Waals surface area (Å²) in [6, 6.07) is 1.62. The molecule has 0 unspecified atom stereocenters. The van der Waals surface area contributed by atoms with Crippen molar-refractivity contribution in [1.82, 2.24) is 14.5 Å². The van der Waals surface area contributed by atoms with Crippen LogP contribution < -0.4 is 10.5 Å². The van der Waals surface area contributed by atoms with Gasteiger partial charge in [0.2, 0.25) is 11.8 Å². The summed E-state index contributed by atoms with van der Waals surface area (Å²) < 4.78 is 27.4. The zero-order chi connectivity index (χ0) is 19.3. The van der Waals surface area contributed by atoms with Gasteiger partial charge in [0.25, 0.3) is 0 Å². The monoisotopic (exact) mass is 390 g/mol. The molecule has 2 aromatic heterocycles. The molecule has 13 heteroatoms. The predicted octanol–water partition coefficient (Wildman–Crippen LogP) is -0.859. The summed E-state index contributed by atoms with van der Waals surface area (Å²) in [5.74, 6) is 0.166. The minimum absolute atomic E-state index is 0.0612. The Balaban J connectivity index is 1.97. The Kier molecular flexibility index (Phi) is 4.69. The molecular formula is C13H19N4O8P. The van der Waals surface area contributed by atoms with Gasteiger partial charge in [-0.1, -0.05) is 0 Å². The molecule has 144 valence electrons. The average Bonchev–Trinajstić information content (AvgIpc) is 3.04. The summed E-state index contributed by atoms with van der Waals surface area (Å²) in [6.45, 7) is 0.713. The van der Waals surface area contributed by atoms with Crippen molar-refractivity contribution in [2.24, 2.45) is 0 Å². The van der Waals surface area contributed by atoms with E-state index in [0.717, 1.165) is 0 Å². The second-order valence-electron chi connectivity index (χ2n) is 6.04. The summed E-state index contributed by atoms with van der Waals surface area (Å²) >= 11 is 0. The quantitative estimate of drug-likeness (QED) is 0.400. The number of methoxy groups -OCH3 is 1. The molecule has 2 aromatic rings. The first-order chi connectivity index (χ1) is 12.0. The molecule has 1 aliphatic heterocycles. The first-order valence-electron chi connectivity index (χ1n) is 7.48. The maximum absolute atomic E-state index is 10.9. The van der Waals surface area contributed by atoms with Crippen LogP contribution in [0.5, 0.6) is 5.88 Å². The molecule has 0 amide bonds. The summed E-state index contributed by atoms with van der Waals surface area (Å²) in [4.78, 5) is 25.7. The molecule has 1 saturated heterocycles. The zero-order valence-corrected chi connectivity index (χ0v) is 14.8. The van der Waals surface area contributed by atoms with Crippen molar-refractivity contribution in [3.8, 4) is 5.88 Å². The summed E-state index contributed by atoms with van der Waals surface area (Å²) in [5.41, 5.74) is 4.16. The maximum Gasteiger partial charge on any atom is 0.469 e. The van der Waals surface area contributed by atoms with Gasteiger partial charge in [0.15, 0.2) is 11.9 Å². The molecule has 0 saturated carbocycles. The van der Waals surface area contributed by atoms with Gasteiger partial charge in [0, 0.05) is 6.20 Å². The van der Waals surface area contributed by atoms with Crippen LogP contribution in [0.1, 0.15) is 13.2 Å². The van der Waals surface area contributed by atoms with Gasteiger partial charge in [-0.3, -0.25) is 4.52 Å². The van der Waals surface area contributed by atoms with Crippen LogP contribution in [-0.2, 0) is 13.8 Å². The highest BCUT2D eigenvalue weighted by molar-refractivity contribution is 7.46. The van der Waals surface area contributed by atoms with Crippen LogP contribution >= 0.6 is 7.82 Å². The van der Waals surface area contributed by atoms with Crippen molar-refractivity contribution in [1.29, 1.82) is 0 Å². The normalized spacial score (nSPS) is 29.4. The lowest BCUT2D eigenvalue weighted by Crippen LogP contribution is -2.44. The molecule has 0 aliphatic carbocycles. The van der Waals surface area contributed by atoms with Crippen molar-refractivity contribution >= 4 is 24.8 Å². The fraction of sp³-hybridized carbons (Fsp3) is 0.538. The molecule has 4 atom stereocenters. The standard InChI is InChI=1S/C13H19N4O8P/c1-13(19)8(18)7(5-24-26(20,21)22)25-11(13)17-4-3-6-9(17)15-12(14)16-10(6)23-2/h3-4,7-8,11,18-19H,5H2,1-2H3,(H2,14,15,16)(H2,20,21,22)/t7-,8-,11-,13-/m1/s1. The van der Waals surface area contributed by atoms with Gasteiger partial charge in [0.1, 0.15) is 17.8 Å². The third-order valence-corrected chi connectivity index (χ3v) is 4.65. The second-order valence-corrected chi connectivity index (χ2v) is 7.27. The van der Waals surface area contributed by atoms with E-state index in [-0.39, 0.29) is 11.8 Å². The van der Waals surface area contributed by atoms with Crippen LogP contribution in [0.4, 0.5) is 5.95 Å². The Bertz CT molecular complexity index is 865. The van der Waals surface area contributed by atoms with Crippen molar-refractivity contribution < 1.29 is 38.6 Å². The van der Waals surface area contributed by atoms with E-state index in [9.17, 15) is 14.8 Å². The third-order valence-electron chi connectivity index (χ3n) is 4.16. The summed E-state index contributed by atoms with van der Waals surface area (Å²) in [5, 5.41) is 21.5. The number of nitrogens with two attached hydrogens (primary N) is 1. The van der Waals surface area contributed by atoms with Crippen molar-refractivity contribution in [3.05, 3.63) is 12.3 Å². The molecule has 1 aliphatic rings. The lowest BCUT2D eigenvalue weighted by molar-refractivity contribution is -0.0947. The van der Waals surface area contributed by atoms with Crippen LogP contribution in [0.25, 0.3) is 11.0 Å². The number of phosphoric ester groups is 1. The smallest absolute Gasteiger partial charge is 0.469 e. The predicted molar refractivity (Wildman–Crippen MR) is 87.0 cm³/mol. The van der Waals surface area contributed by atoms with E-state index in [2.05, 4.69) is 14.5 Å². The SMILES string of the molecule is COc1nc(N)nc2c1ccn2[C@@H]1O[C@H](COP(=O)(O)O)[C@@H](O)[C@@]1(C)O. The van der Waals surface area contributed by atoms with E-state index in [1.54, 1.807) is 12.3 Å². The van der Waals surface area contributed by atoms with Gasteiger partial charge >= 0.3 is 7.82 Å². The van der Waals surface area contributed by atoms with Crippen LogP contribution in [-0.4, -0.2) is 66.1 Å². The number of phosphoric acid groups is 1. The molecule has 0 aromatic carbocycles. The van der Waals surface area contributed by atoms with Gasteiger partial charge in [0.05, 0.1) is 19.1 Å². The topological polar surface area (TPSA) is 182 Å². The number of nitrogens with zero attached hydrogens (tertiary/aromatic N) is 3. The minimum atomic E-state index is -4.76. The van der Waals surface area contributed by atoms with E-state index >= 15 is 0 Å². The van der Waals surface area contributed by atoms with Crippen LogP contribution in [0.3, 0.4) is 0 Å². The first kappa shape index (κ1) is 19.0. The zero-order valence-electron chi connectivity index (χ0n) is 13.9. The second kappa shape index (κ2) is 6.43. The lowest BCUT2D eigenvalue weighted by Gasteiger charge is -2.27. The van der Waals surface area contributed by atoms with Crippen molar-refractivity contribution in [3.63, 3.8) is 0 Å². The Morgan fingerprint density at radius 3 is 2.77 bits per heavy atom. The highest BCUT2D eigenvalue weighted by Crippen LogP contribution is 2.43. The average molecular weight is 390 g/mol. The number of hydrogen-bond donors (Lipinski definition) is 5. The maximum atomic E-state index is 10.9. The number of rotatable bonds is 5. The van der Waals surface area contributed by atoms with Crippen molar-refractivity contribution in [2.75, 3.05) is 19.5 Å². The summed E-state index contributed by atoms with van der Waals surface area (Å²) in [7, 11) is -3.34. The fourth-order valence-corrected chi connectivity index (χ4v) is 3.26. The molecule has 0 spiro atoms. The minimum Gasteiger partial charge on any atom is -0.480 e. The van der Waals surface area contributed by atoms with Gasteiger partial charge in [-0.25, -0.2) is 4.57 Å². The molecular weight excluding hydrogens is 371 g/mol. The number of nitrogen functional groups attached to an aromatic ring is 1. The highest BCUT2D eigenvalue weighted by atomic mass is 31.2. The molecule has 6 N–H and O–H groups in total. The molecule has 3 rings (SSSR count). The molecule has 12 nitrogen and oxygen atoms in total. The number of aromatic nitrogens is 3. The number of ether oxygens (including phenoxy) is 2. The Morgan fingerprint density at radius 1 is 1.46 bits per heavy atom. The Hall–Kier alpha value is -1.79. The largest absolute Gasteiger partial charge is 0.480 e.